The molecule has 1 aliphatic heterocycles. The van der Waals surface area contributed by atoms with E-state index < -0.39 is 21.9 Å². The van der Waals surface area contributed by atoms with Crippen molar-refractivity contribution < 1.29 is 18.3 Å². The Bertz CT molecular complexity index is 726. The first-order chi connectivity index (χ1) is 9.77. The monoisotopic (exact) mass is 328 g/mol. The maximum atomic E-state index is 12.5. The number of sulfonamides is 1. The highest BCUT2D eigenvalue weighted by Gasteiger charge is 2.40. The average molecular weight is 329 g/mol. The first-order valence-electron chi connectivity index (χ1n) is 6.20. The summed E-state index contributed by atoms with van der Waals surface area (Å²) in [7, 11) is -3.81. The molecule has 6 nitrogen and oxygen atoms in total. The summed E-state index contributed by atoms with van der Waals surface area (Å²) in [6.07, 6.45) is 0. The molecule has 0 unspecified atom stereocenters. The van der Waals surface area contributed by atoms with E-state index >= 15 is 0 Å². The fourth-order valence-electron chi connectivity index (χ4n) is 2.34. The van der Waals surface area contributed by atoms with E-state index in [1.54, 1.807) is 6.92 Å². The van der Waals surface area contributed by atoms with E-state index in [-0.39, 0.29) is 34.5 Å². The topological polar surface area (TPSA) is 98.5 Å². The van der Waals surface area contributed by atoms with E-state index in [1.165, 1.54) is 18.2 Å². The van der Waals surface area contributed by atoms with Gasteiger partial charge in [-0.25, -0.2) is 8.42 Å². The number of carboxylic acids is 1. The summed E-state index contributed by atoms with van der Waals surface area (Å²) in [6.45, 7) is 1.80. The van der Waals surface area contributed by atoms with Crippen LogP contribution in [-0.4, -0.2) is 36.9 Å². The zero-order valence-corrected chi connectivity index (χ0v) is 12.7. The predicted molar refractivity (Wildman–Crippen MR) is 75.2 cm³/mol. The van der Waals surface area contributed by atoms with Gasteiger partial charge >= 0.3 is 5.97 Å². The van der Waals surface area contributed by atoms with E-state index in [2.05, 4.69) is 0 Å². The number of carboxylic acid groups (broad SMARTS) is 1. The van der Waals surface area contributed by atoms with Gasteiger partial charge in [-0.1, -0.05) is 18.5 Å². The Morgan fingerprint density at radius 1 is 1.48 bits per heavy atom. The van der Waals surface area contributed by atoms with Crippen molar-refractivity contribution in [2.75, 3.05) is 13.1 Å². The molecule has 21 heavy (non-hydrogen) atoms. The van der Waals surface area contributed by atoms with Crippen LogP contribution in [0.4, 0.5) is 0 Å². The molecule has 1 aliphatic rings. The minimum Gasteiger partial charge on any atom is -0.481 e. The molecule has 0 aromatic heterocycles. The largest absolute Gasteiger partial charge is 0.481 e. The van der Waals surface area contributed by atoms with Gasteiger partial charge < -0.3 is 5.11 Å². The van der Waals surface area contributed by atoms with Crippen LogP contribution in [-0.2, 0) is 14.8 Å². The summed E-state index contributed by atoms with van der Waals surface area (Å²) in [5.74, 6) is -1.97. The fraction of sp³-hybridized carbons (Fsp3) is 0.385. The lowest BCUT2D eigenvalue weighted by molar-refractivity contribution is -0.142. The molecule has 112 valence electrons. The molecule has 0 saturated carbocycles. The molecule has 1 saturated heterocycles. The van der Waals surface area contributed by atoms with Crippen molar-refractivity contribution in [2.45, 2.75) is 11.8 Å². The van der Waals surface area contributed by atoms with Gasteiger partial charge in [0, 0.05) is 13.1 Å². The molecule has 1 heterocycles. The number of nitrogens with zero attached hydrogens (tertiary/aromatic N) is 2. The number of nitriles is 1. The van der Waals surface area contributed by atoms with Crippen molar-refractivity contribution in [3.63, 3.8) is 0 Å². The van der Waals surface area contributed by atoms with Gasteiger partial charge in [0.1, 0.15) is 6.07 Å². The summed E-state index contributed by atoms with van der Waals surface area (Å²) in [5.41, 5.74) is 0.189. The number of hydrogen-bond donors (Lipinski definition) is 1. The molecule has 2 rings (SSSR count). The highest BCUT2D eigenvalue weighted by molar-refractivity contribution is 7.89. The number of benzene rings is 1. The van der Waals surface area contributed by atoms with E-state index in [9.17, 15) is 13.2 Å². The zero-order valence-electron chi connectivity index (χ0n) is 11.2. The third kappa shape index (κ3) is 2.88. The van der Waals surface area contributed by atoms with Crippen molar-refractivity contribution >= 4 is 27.6 Å². The molecule has 8 heteroatoms. The Hall–Kier alpha value is -1.62. The second-order valence-corrected chi connectivity index (χ2v) is 7.34. The summed E-state index contributed by atoms with van der Waals surface area (Å²) in [5, 5.41) is 17.9. The van der Waals surface area contributed by atoms with Gasteiger partial charge in [-0.2, -0.15) is 9.57 Å². The van der Waals surface area contributed by atoms with Crippen molar-refractivity contribution in [3.8, 4) is 6.07 Å². The Morgan fingerprint density at radius 2 is 2.14 bits per heavy atom. The smallest absolute Gasteiger partial charge is 0.308 e. The van der Waals surface area contributed by atoms with Gasteiger partial charge in [0.05, 0.1) is 21.4 Å². The van der Waals surface area contributed by atoms with Gasteiger partial charge in [-0.15, -0.1) is 0 Å². The van der Waals surface area contributed by atoms with Crippen molar-refractivity contribution in [2.24, 2.45) is 11.8 Å². The fourth-order valence-corrected chi connectivity index (χ4v) is 4.22. The predicted octanol–water partition coefficient (Wildman–Crippen LogP) is 1.55. The number of halogens is 1. The summed E-state index contributed by atoms with van der Waals surface area (Å²) < 4.78 is 26.1. The minimum absolute atomic E-state index is 0.0373. The first kappa shape index (κ1) is 15.8. The second-order valence-electron chi connectivity index (χ2n) is 5.00. The number of rotatable bonds is 3. The van der Waals surface area contributed by atoms with Crippen LogP contribution in [0.15, 0.2) is 23.1 Å². The Balaban J connectivity index is 2.34. The molecular weight excluding hydrogens is 316 g/mol. The molecule has 1 aromatic carbocycles. The quantitative estimate of drug-likeness (QED) is 0.907. The lowest BCUT2D eigenvalue weighted by Crippen LogP contribution is -2.30. The van der Waals surface area contributed by atoms with Crippen molar-refractivity contribution in [3.05, 3.63) is 28.8 Å². The first-order valence-corrected chi connectivity index (χ1v) is 8.01. The van der Waals surface area contributed by atoms with Crippen LogP contribution in [0.2, 0.25) is 5.02 Å². The molecule has 0 spiro atoms. The zero-order chi connectivity index (χ0) is 15.8. The Kier molecular flexibility index (Phi) is 4.23. The third-order valence-electron chi connectivity index (χ3n) is 3.59. The molecule has 1 fully saturated rings. The molecule has 0 bridgehead atoms. The van der Waals surface area contributed by atoms with Crippen LogP contribution < -0.4 is 0 Å². The summed E-state index contributed by atoms with van der Waals surface area (Å²) in [4.78, 5) is 11.0. The lowest BCUT2D eigenvalue weighted by atomic mass is 9.99. The number of aliphatic carboxylic acids is 1. The second kappa shape index (κ2) is 5.64. The van der Waals surface area contributed by atoms with Crippen LogP contribution in [0.5, 0.6) is 0 Å². The van der Waals surface area contributed by atoms with Crippen molar-refractivity contribution in [1.29, 1.82) is 5.26 Å². The van der Waals surface area contributed by atoms with Gasteiger partial charge in [0.15, 0.2) is 0 Å². The number of carbonyl (C=O) groups is 1. The Labute approximate surface area is 127 Å². The van der Waals surface area contributed by atoms with Crippen LogP contribution >= 0.6 is 11.6 Å². The standard InChI is InChI=1S/C13H13ClN2O4S/c1-8-6-16(7-11(8)13(17)18)21(19,20)10-3-2-9(5-15)12(14)4-10/h2-4,8,11H,6-7H2,1H3,(H,17,18)/t8-,11-/m1/s1. The average Bonchev–Trinajstić information content (AvgIpc) is 2.81. The van der Waals surface area contributed by atoms with Gasteiger partial charge in [-0.05, 0) is 24.1 Å². The number of hydrogen-bond acceptors (Lipinski definition) is 4. The SMILES string of the molecule is C[C@@H]1CN(S(=O)(=O)c2ccc(C#N)c(Cl)c2)C[C@H]1C(=O)O. The highest BCUT2D eigenvalue weighted by Crippen LogP contribution is 2.30. The lowest BCUT2D eigenvalue weighted by Gasteiger charge is -2.16. The van der Waals surface area contributed by atoms with E-state index in [0.717, 1.165) is 4.31 Å². The van der Waals surface area contributed by atoms with E-state index in [4.69, 9.17) is 22.0 Å². The molecule has 1 aromatic rings. The summed E-state index contributed by atoms with van der Waals surface area (Å²) >= 11 is 5.85. The van der Waals surface area contributed by atoms with Gasteiger partial charge in [-0.3, -0.25) is 4.79 Å². The molecule has 0 aliphatic carbocycles. The highest BCUT2D eigenvalue weighted by atomic mass is 35.5. The van der Waals surface area contributed by atoms with E-state index in [0.29, 0.717) is 0 Å². The van der Waals surface area contributed by atoms with E-state index in [1.807, 2.05) is 6.07 Å². The molecule has 0 amide bonds. The maximum absolute atomic E-state index is 12.5. The molecular formula is C13H13ClN2O4S. The van der Waals surface area contributed by atoms with Crippen molar-refractivity contribution in [1.82, 2.24) is 4.31 Å². The molecule has 1 N–H and O–H groups in total. The minimum atomic E-state index is -3.81. The van der Waals surface area contributed by atoms with Crippen LogP contribution in [0, 0.1) is 23.2 Å². The Morgan fingerprint density at radius 3 is 2.62 bits per heavy atom. The molecule has 2 atom stereocenters. The summed E-state index contributed by atoms with van der Waals surface area (Å²) in [6, 6.07) is 5.71. The maximum Gasteiger partial charge on any atom is 0.308 e. The van der Waals surface area contributed by atoms with Gasteiger partial charge in [0.2, 0.25) is 10.0 Å². The normalized spacial score (nSPS) is 22.9. The van der Waals surface area contributed by atoms with Crippen LogP contribution in [0.3, 0.4) is 0 Å². The van der Waals surface area contributed by atoms with Crippen LogP contribution in [0.1, 0.15) is 12.5 Å². The third-order valence-corrected chi connectivity index (χ3v) is 5.74. The molecule has 0 radical (unpaired) electrons. The van der Waals surface area contributed by atoms with Crippen LogP contribution in [0.25, 0.3) is 0 Å². The van der Waals surface area contributed by atoms with Gasteiger partial charge in [0.25, 0.3) is 0 Å².